The van der Waals surface area contributed by atoms with Gasteiger partial charge in [-0.15, -0.1) is 10.2 Å². The van der Waals surface area contributed by atoms with Gasteiger partial charge in [-0.2, -0.15) is 0 Å². The van der Waals surface area contributed by atoms with Crippen LogP contribution in [-0.4, -0.2) is 34.3 Å². The smallest absolute Gasteiger partial charge is 0.277 e. The molecule has 1 aliphatic rings. The van der Waals surface area contributed by atoms with Crippen molar-refractivity contribution in [3.05, 3.63) is 59.1 Å². The van der Waals surface area contributed by atoms with Crippen LogP contribution in [0.2, 0.25) is 5.02 Å². The average molecular weight is 443 g/mol. The van der Waals surface area contributed by atoms with E-state index in [0.717, 1.165) is 29.8 Å². The highest BCUT2D eigenvalue weighted by Crippen LogP contribution is 2.24. The van der Waals surface area contributed by atoms with E-state index in [0.29, 0.717) is 29.1 Å². The Morgan fingerprint density at radius 2 is 1.90 bits per heavy atom. The zero-order chi connectivity index (χ0) is 20.9. The number of hydrogen-bond acceptors (Lipinski definition) is 6. The number of benzene rings is 2. The predicted octanol–water partition coefficient (Wildman–Crippen LogP) is 3.93. The van der Waals surface area contributed by atoms with E-state index in [4.69, 9.17) is 16.0 Å². The Morgan fingerprint density at radius 3 is 2.60 bits per heavy atom. The molecule has 2 aromatic carbocycles. The molecule has 9 heteroatoms. The molecule has 0 bridgehead atoms. The van der Waals surface area contributed by atoms with Gasteiger partial charge in [0.15, 0.2) is 0 Å². The van der Waals surface area contributed by atoms with Crippen molar-refractivity contribution < 1.29 is 14.0 Å². The summed E-state index contributed by atoms with van der Waals surface area (Å²) in [5.74, 6) is 0.576. The lowest BCUT2D eigenvalue weighted by Gasteiger charge is -2.16. The first kappa shape index (κ1) is 20.4. The number of halogens is 1. The Hall–Kier alpha value is -2.84. The molecule has 0 aliphatic carbocycles. The van der Waals surface area contributed by atoms with Crippen LogP contribution < -0.4 is 10.2 Å². The van der Waals surface area contributed by atoms with E-state index in [2.05, 4.69) is 15.5 Å². The minimum Gasteiger partial charge on any atom is -0.411 e. The van der Waals surface area contributed by atoms with Crippen molar-refractivity contribution >= 4 is 40.9 Å². The van der Waals surface area contributed by atoms with Crippen molar-refractivity contribution in [3.63, 3.8) is 0 Å². The fourth-order valence-corrected chi connectivity index (χ4v) is 3.79. The maximum Gasteiger partial charge on any atom is 0.277 e. The van der Waals surface area contributed by atoms with Crippen LogP contribution in [0.15, 0.2) is 58.2 Å². The van der Waals surface area contributed by atoms with Gasteiger partial charge in [0.25, 0.3) is 5.22 Å². The van der Waals surface area contributed by atoms with E-state index in [1.165, 1.54) is 11.8 Å². The van der Waals surface area contributed by atoms with Gasteiger partial charge in [-0.3, -0.25) is 9.59 Å². The lowest BCUT2D eigenvalue weighted by atomic mass is 10.2. The second-order valence-electron chi connectivity index (χ2n) is 6.76. The largest absolute Gasteiger partial charge is 0.411 e. The molecular weight excluding hydrogens is 424 g/mol. The fourth-order valence-electron chi connectivity index (χ4n) is 3.07. The van der Waals surface area contributed by atoms with Crippen LogP contribution in [0.5, 0.6) is 0 Å². The summed E-state index contributed by atoms with van der Waals surface area (Å²) in [5.41, 5.74) is 2.63. The van der Waals surface area contributed by atoms with Crippen LogP contribution in [-0.2, 0) is 16.1 Å². The Kier molecular flexibility index (Phi) is 6.35. The molecule has 2 heterocycles. The van der Waals surface area contributed by atoms with E-state index in [-0.39, 0.29) is 17.6 Å². The molecule has 154 valence electrons. The van der Waals surface area contributed by atoms with Gasteiger partial charge in [-0.05, 0) is 48.4 Å². The summed E-state index contributed by atoms with van der Waals surface area (Å²) >= 11 is 7.05. The minimum atomic E-state index is -0.134. The van der Waals surface area contributed by atoms with E-state index in [1.807, 2.05) is 24.3 Å². The van der Waals surface area contributed by atoms with Crippen molar-refractivity contribution in [2.45, 2.75) is 24.6 Å². The topological polar surface area (TPSA) is 88.3 Å². The number of aromatic nitrogens is 2. The van der Waals surface area contributed by atoms with Crippen LogP contribution in [0.1, 0.15) is 18.4 Å². The molecule has 0 unspecified atom stereocenters. The highest BCUT2D eigenvalue weighted by atomic mass is 35.5. The Morgan fingerprint density at radius 1 is 1.13 bits per heavy atom. The van der Waals surface area contributed by atoms with Gasteiger partial charge in [0, 0.05) is 35.8 Å². The van der Waals surface area contributed by atoms with E-state index in [9.17, 15) is 9.59 Å². The molecule has 0 radical (unpaired) electrons. The Bertz CT molecular complexity index is 1040. The highest BCUT2D eigenvalue weighted by molar-refractivity contribution is 7.99. The zero-order valence-corrected chi connectivity index (χ0v) is 17.6. The normalized spacial score (nSPS) is 13.6. The summed E-state index contributed by atoms with van der Waals surface area (Å²) in [7, 11) is 0. The molecule has 1 N–H and O–H groups in total. The molecule has 7 nitrogen and oxygen atoms in total. The van der Waals surface area contributed by atoms with E-state index >= 15 is 0 Å². The minimum absolute atomic E-state index is 0.134. The average Bonchev–Trinajstić information content (AvgIpc) is 3.41. The number of carbonyl (C=O) groups excluding carboxylic acids is 2. The van der Waals surface area contributed by atoms with Gasteiger partial charge < -0.3 is 14.6 Å². The van der Waals surface area contributed by atoms with Crippen LogP contribution in [0, 0.1) is 0 Å². The fraction of sp³-hybridized carbons (Fsp3) is 0.238. The summed E-state index contributed by atoms with van der Waals surface area (Å²) in [5, 5.41) is 11.8. The van der Waals surface area contributed by atoms with Crippen molar-refractivity contribution in [1.29, 1.82) is 0 Å². The van der Waals surface area contributed by atoms with Gasteiger partial charge >= 0.3 is 0 Å². The molecular formula is C21H19ClN4O3S. The first-order valence-corrected chi connectivity index (χ1v) is 10.8. The summed E-state index contributed by atoms with van der Waals surface area (Å²) in [6, 6.07) is 14.7. The lowest BCUT2D eigenvalue weighted by molar-refractivity contribution is -0.119. The molecule has 1 fully saturated rings. The molecule has 0 spiro atoms. The van der Waals surface area contributed by atoms with E-state index < -0.39 is 0 Å². The van der Waals surface area contributed by atoms with Gasteiger partial charge in [0.1, 0.15) is 0 Å². The number of thioether (sulfide) groups is 1. The predicted molar refractivity (Wildman–Crippen MR) is 115 cm³/mol. The van der Waals surface area contributed by atoms with Crippen LogP contribution in [0.3, 0.4) is 0 Å². The molecule has 3 aromatic rings. The number of carbonyl (C=O) groups is 2. The summed E-state index contributed by atoms with van der Waals surface area (Å²) in [6.07, 6.45) is 1.51. The zero-order valence-electron chi connectivity index (χ0n) is 16.0. The molecule has 0 atom stereocenters. The maximum atomic E-state index is 12.1. The van der Waals surface area contributed by atoms with Crippen molar-refractivity contribution in [2.75, 3.05) is 17.2 Å². The molecule has 30 heavy (non-hydrogen) atoms. The van der Waals surface area contributed by atoms with E-state index in [1.54, 1.807) is 29.2 Å². The van der Waals surface area contributed by atoms with Gasteiger partial charge in [0.05, 0.1) is 5.75 Å². The SMILES string of the molecule is O=C(CSc1nnc(-c2ccc(Cl)cc2)o1)NCc1ccc(N2CCCC2=O)cc1. The summed E-state index contributed by atoms with van der Waals surface area (Å²) in [6.45, 7) is 1.18. The number of hydrogen-bond donors (Lipinski definition) is 1. The highest BCUT2D eigenvalue weighted by Gasteiger charge is 2.21. The maximum absolute atomic E-state index is 12.1. The van der Waals surface area contributed by atoms with Gasteiger partial charge in [-0.1, -0.05) is 35.5 Å². The lowest BCUT2D eigenvalue weighted by Crippen LogP contribution is -2.25. The monoisotopic (exact) mass is 442 g/mol. The molecule has 4 rings (SSSR count). The molecule has 1 aromatic heterocycles. The van der Waals surface area contributed by atoms with Gasteiger partial charge in [0.2, 0.25) is 17.7 Å². The van der Waals surface area contributed by atoms with Crippen molar-refractivity contribution in [1.82, 2.24) is 15.5 Å². The third-order valence-corrected chi connectivity index (χ3v) is 5.71. The summed E-state index contributed by atoms with van der Waals surface area (Å²) < 4.78 is 5.58. The number of amides is 2. The number of rotatable bonds is 7. The third-order valence-electron chi connectivity index (χ3n) is 4.64. The first-order valence-electron chi connectivity index (χ1n) is 9.47. The Balaban J connectivity index is 1.24. The van der Waals surface area contributed by atoms with Crippen molar-refractivity contribution in [3.8, 4) is 11.5 Å². The molecule has 1 saturated heterocycles. The number of nitrogens with one attached hydrogen (secondary N) is 1. The van der Waals surface area contributed by atoms with Crippen LogP contribution in [0.4, 0.5) is 5.69 Å². The second-order valence-corrected chi connectivity index (χ2v) is 8.12. The molecule has 1 aliphatic heterocycles. The third kappa shape index (κ3) is 5.01. The van der Waals surface area contributed by atoms with Gasteiger partial charge in [-0.25, -0.2) is 0 Å². The van der Waals surface area contributed by atoms with Crippen molar-refractivity contribution in [2.24, 2.45) is 0 Å². The second kappa shape index (κ2) is 9.32. The van der Waals surface area contributed by atoms with Crippen LogP contribution >= 0.6 is 23.4 Å². The molecule has 2 amide bonds. The number of nitrogens with zero attached hydrogens (tertiary/aromatic N) is 3. The first-order chi connectivity index (χ1) is 14.6. The Labute approximate surface area is 182 Å². The quantitative estimate of drug-likeness (QED) is 0.558. The standard InChI is InChI=1S/C21H19ClN4O3S/c22-16-7-5-15(6-8-16)20-24-25-21(29-20)30-13-18(27)23-12-14-3-9-17(10-4-14)26-11-1-2-19(26)28/h3-10H,1-2,11-13H2,(H,23,27). The summed E-state index contributed by atoms with van der Waals surface area (Å²) in [4.78, 5) is 25.7. The number of anilines is 1. The molecule has 0 saturated carbocycles. The van der Waals surface area contributed by atoms with Crippen LogP contribution in [0.25, 0.3) is 11.5 Å².